The van der Waals surface area contributed by atoms with Crippen molar-refractivity contribution in [3.05, 3.63) is 90.0 Å². The molecule has 0 radical (unpaired) electrons. The first-order valence-electron chi connectivity index (χ1n) is 9.72. The van der Waals surface area contributed by atoms with Gasteiger partial charge in [-0.2, -0.15) is 0 Å². The number of pyridine rings is 1. The predicted octanol–water partition coefficient (Wildman–Crippen LogP) is 3.48. The number of para-hydroxylation sites is 1. The van der Waals surface area contributed by atoms with Gasteiger partial charge in [0.1, 0.15) is 5.82 Å². The Morgan fingerprint density at radius 3 is 2.28 bits per heavy atom. The highest BCUT2D eigenvalue weighted by Gasteiger charge is 2.18. The van der Waals surface area contributed by atoms with Gasteiger partial charge >= 0.3 is 0 Å². The molecule has 1 aliphatic heterocycles. The van der Waals surface area contributed by atoms with Gasteiger partial charge in [-0.3, -0.25) is 9.78 Å². The monoisotopic (exact) mass is 390 g/mol. The molecule has 1 N–H and O–H groups in total. The summed E-state index contributed by atoms with van der Waals surface area (Å²) < 4.78 is 13.7. The standard InChI is InChI=1S/C23H23FN4O/c24-22-9-5-4-6-18(22)16-26-23(29)19-14-21(17-25-15-19)28-12-10-27(11-13-28)20-7-2-1-3-8-20/h1-9,14-15,17H,10-13,16H2,(H,26,29). The van der Waals surface area contributed by atoms with Crippen LogP contribution in [0.1, 0.15) is 15.9 Å². The second-order valence-corrected chi connectivity index (χ2v) is 7.02. The number of rotatable bonds is 5. The third-order valence-corrected chi connectivity index (χ3v) is 5.15. The highest BCUT2D eigenvalue weighted by Crippen LogP contribution is 2.20. The van der Waals surface area contributed by atoms with Crippen LogP contribution in [0.2, 0.25) is 0 Å². The van der Waals surface area contributed by atoms with Gasteiger partial charge in [-0.25, -0.2) is 4.39 Å². The van der Waals surface area contributed by atoms with E-state index in [1.165, 1.54) is 11.8 Å². The van der Waals surface area contributed by atoms with Gasteiger partial charge in [0, 0.05) is 50.2 Å². The molecule has 0 atom stereocenters. The minimum Gasteiger partial charge on any atom is -0.368 e. The molecule has 0 spiro atoms. The number of hydrogen-bond acceptors (Lipinski definition) is 4. The van der Waals surface area contributed by atoms with Crippen LogP contribution in [-0.2, 0) is 6.54 Å². The predicted molar refractivity (Wildman–Crippen MR) is 113 cm³/mol. The average molecular weight is 390 g/mol. The van der Waals surface area contributed by atoms with Gasteiger partial charge in [0.05, 0.1) is 17.4 Å². The van der Waals surface area contributed by atoms with E-state index in [1.54, 1.807) is 30.6 Å². The number of nitrogens with zero attached hydrogens (tertiary/aromatic N) is 3. The molecule has 0 saturated carbocycles. The molecule has 1 aromatic heterocycles. The van der Waals surface area contributed by atoms with E-state index < -0.39 is 0 Å². The molecule has 1 aliphatic rings. The fourth-order valence-electron chi connectivity index (χ4n) is 3.51. The van der Waals surface area contributed by atoms with Gasteiger partial charge in [-0.1, -0.05) is 36.4 Å². The number of carbonyl (C=O) groups excluding carboxylic acids is 1. The minimum atomic E-state index is -0.323. The molecule has 6 heteroatoms. The summed E-state index contributed by atoms with van der Waals surface area (Å²) in [7, 11) is 0. The van der Waals surface area contributed by atoms with Crippen LogP contribution >= 0.6 is 0 Å². The first-order valence-corrected chi connectivity index (χ1v) is 9.72. The van der Waals surface area contributed by atoms with E-state index in [9.17, 15) is 9.18 Å². The zero-order valence-corrected chi connectivity index (χ0v) is 16.1. The van der Waals surface area contributed by atoms with Crippen molar-refractivity contribution in [2.24, 2.45) is 0 Å². The van der Waals surface area contributed by atoms with E-state index in [0.717, 1.165) is 31.9 Å². The third kappa shape index (κ3) is 4.54. The summed E-state index contributed by atoms with van der Waals surface area (Å²) >= 11 is 0. The largest absolute Gasteiger partial charge is 0.368 e. The second-order valence-electron chi connectivity index (χ2n) is 7.02. The quantitative estimate of drug-likeness (QED) is 0.725. The van der Waals surface area contributed by atoms with Crippen molar-refractivity contribution in [1.29, 1.82) is 0 Å². The van der Waals surface area contributed by atoms with E-state index >= 15 is 0 Å². The highest BCUT2D eigenvalue weighted by molar-refractivity contribution is 5.94. The smallest absolute Gasteiger partial charge is 0.253 e. The molecular formula is C23H23FN4O. The number of nitrogens with one attached hydrogen (secondary N) is 1. The number of anilines is 2. The van der Waals surface area contributed by atoms with Gasteiger partial charge < -0.3 is 15.1 Å². The average Bonchev–Trinajstić information content (AvgIpc) is 2.79. The molecule has 1 fully saturated rings. The summed E-state index contributed by atoms with van der Waals surface area (Å²) in [4.78, 5) is 21.3. The van der Waals surface area contributed by atoms with Crippen molar-refractivity contribution in [2.45, 2.75) is 6.54 Å². The summed E-state index contributed by atoms with van der Waals surface area (Å²) in [6.45, 7) is 3.68. The number of amides is 1. The van der Waals surface area contributed by atoms with Crippen LogP contribution in [-0.4, -0.2) is 37.1 Å². The minimum absolute atomic E-state index is 0.144. The lowest BCUT2D eigenvalue weighted by molar-refractivity contribution is 0.0950. The summed E-state index contributed by atoms with van der Waals surface area (Å²) in [6, 6.07) is 18.7. The molecule has 29 heavy (non-hydrogen) atoms. The van der Waals surface area contributed by atoms with Gasteiger partial charge in [-0.05, 0) is 24.3 Å². The van der Waals surface area contributed by atoms with E-state index in [-0.39, 0.29) is 18.3 Å². The van der Waals surface area contributed by atoms with E-state index in [4.69, 9.17) is 0 Å². The van der Waals surface area contributed by atoms with Crippen LogP contribution in [0.5, 0.6) is 0 Å². The summed E-state index contributed by atoms with van der Waals surface area (Å²) in [5.74, 6) is -0.582. The van der Waals surface area contributed by atoms with Crippen LogP contribution < -0.4 is 15.1 Å². The Hall–Kier alpha value is -3.41. The Labute approximate surface area is 169 Å². The third-order valence-electron chi connectivity index (χ3n) is 5.15. The fourth-order valence-corrected chi connectivity index (χ4v) is 3.51. The fraction of sp³-hybridized carbons (Fsp3) is 0.217. The van der Waals surface area contributed by atoms with Crippen molar-refractivity contribution >= 4 is 17.3 Å². The topological polar surface area (TPSA) is 48.5 Å². The van der Waals surface area contributed by atoms with Crippen LogP contribution in [0.15, 0.2) is 73.1 Å². The molecule has 3 aromatic rings. The zero-order chi connectivity index (χ0) is 20.1. The molecule has 1 amide bonds. The highest BCUT2D eigenvalue weighted by atomic mass is 19.1. The summed E-state index contributed by atoms with van der Waals surface area (Å²) in [5.41, 5.74) is 3.09. The van der Waals surface area contributed by atoms with E-state index in [0.29, 0.717) is 11.1 Å². The van der Waals surface area contributed by atoms with E-state index in [2.05, 4.69) is 44.4 Å². The molecule has 2 aromatic carbocycles. The number of halogens is 1. The lowest BCUT2D eigenvalue weighted by atomic mass is 10.2. The lowest BCUT2D eigenvalue weighted by Crippen LogP contribution is -2.46. The molecule has 0 aliphatic carbocycles. The molecule has 4 rings (SSSR count). The van der Waals surface area contributed by atoms with Crippen molar-refractivity contribution in [3.63, 3.8) is 0 Å². The van der Waals surface area contributed by atoms with Gasteiger partial charge in [0.15, 0.2) is 0 Å². The van der Waals surface area contributed by atoms with Crippen LogP contribution in [0.4, 0.5) is 15.8 Å². The number of aromatic nitrogens is 1. The Kier molecular flexibility index (Phi) is 5.70. The van der Waals surface area contributed by atoms with Crippen LogP contribution in [0.25, 0.3) is 0 Å². The normalized spacial score (nSPS) is 14.0. The van der Waals surface area contributed by atoms with Gasteiger partial charge in [0.2, 0.25) is 0 Å². The molecule has 0 unspecified atom stereocenters. The maximum Gasteiger partial charge on any atom is 0.253 e. The Bertz CT molecular complexity index is 971. The number of carbonyl (C=O) groups is 1. The lowest BCUT2D eigenvalue weighted by Gasteiger charge is -2.37. The van der Waals surface area contributed by atoms with E-state index in [1.807, 2.05) is 12.1 Å². The SMILES string of the molecule is O=C(NCc1ccccc1F)c1cncc(N2CCN(c3ccccc3)CC2)c1. The summed E-state index contributed by atoms with van der Waals surface area (Å²) in [6.07, 6.45) is 3.33. The Morgan fingerprint density at radius 1 is 0.897 bits per heavy atom. The number of piperazine rings is 1. The van der Waals surface area contributed by atoms with Crippen molar-refractivity contribution in [3.8, 4) is 0 Å². The second kappa shape index (κ2) is 8.73. The van der Waals surface area contributed by atoms with Crippen molar-refractivity contribution < 1.29 is 9.18 Å². The van der Waals surface area contributed by atoms with Crippen LogP contribution in [0.3, 0.4) is 0 Å². The van der Waals surface area contributed by atoms with Crippen molar-refractivity contribution in [1.82, 2.24) is 10.3 Å². The molecule has 2 heterocycles. The molecule has 5 nitrogen and oxygen atoms in total. The molecule has 1 saturated heterocycles. The zero-order valence-electron chi connectivity index (χ0n) is 16.1. The van der Waals surface area contributed by atoms with Crippen LogP contribution in [0, 0.1) is 5.82 Å². The first kappa shape index (κ1) is 18.9. The Morgan fingerprint density at radius 2 is 1.55 bits per heavy atom. The maximum absolute atomic E-state index is 13.7. The van der Waals surface area contributed by atoms with Gasteiger partial charge in [0.25, 0.3) is 5.91 Å². The number of benzene rings is 2. The number of hydrogen-bond donors (Lipinski definition) is 1. The van der Waals surface area contributed by atoms with Crippen molar-refractivity contribution in [2.75, 3.05) is 36.0 Å². The first-order chi connectivity index (χ1) is 14.2. The molecule has 148 valence electrons. The Balaban J connectivity index is 1.37. The maximum atomic E-state index is 13.7. The molecular weight excluding hydrogens is 367 g/mol. The van der Waals surface area contributed by atoms with Gasteiger partial charge in [-0.15, -0.1) is 0 Å². The summed E-state index contributed by atoms with van der Waals surface area (Å²) in [5, 5.41) is 2.77. The molecule has 0 bridgehead atoms.